The third kappa shape index (κ3) is 5.24. The van der Waals surface area contributed by atoms with E-state index in [-0.39, 0.29) is 5.91 Å². The molecule has 2 heterocycles. The number of hydrogen-bond donors (Lipinski definition) is 1. The van der Waals surface area contributed by atoms with Gasteiger partial charge in [-0.1, -0.05) is 6.92 Å². The molecule has 0 radical (unpaired) electrons. The minimum Gasteiger partial charge on any atom is -0.378 e. The highest BCUT2D eigenvalue weighted by Gasteiger charge is 2.23. The fourth-order valence-corrected chi connectivity index (χ4v) is 3.10. The van der Waals surface area contributed by atoms with Crippen LogP contribution in [0, 0.1) is 0 Å². The highest BCUT2D eigenvalue weighted by atomic mass is 16.5. The molecular formula is C16H31N3O2. The van der Waals surface area contributed by atoms with Crippen LogP contribution in [0.2, 0.25) is 0 Å². The zero-order chi connectivity index (χ0) is 15.1. The summed E-state index contributed by atoms with van der Waals surface area (Å²) in [6.07, 6.45) is 4.20. The fraction of sp³-hybridized carbons (Fsp3) is 0.938. The van der Waals surface area contributed by atoms with Crippen LogP contribution in [0.25, 0.3) is 0 Å². The molecule has 0 aromatic carbocycles. The lowest BCUT2D eigenvalue weighted by atomic mass is 10.1. The Bertz CT molecular complexity index is 311. The third-order valence-electron chi connectivity index (χ3n) is 4.84. The summed E-state index contributed by atoms with van der Waals surface area (Å²) in [5, 5.41) is 3.32. The molecular weight excluding hydrogens is 266 g/mol. The Morgan fingerprint density at radius 1 is 1.24 bits per heavy atom. The minimum atomic E-state index is 0.257. The molecule has 5 heteroatoms. The molecule has 1 N–H and O–H groups in total. The minimum absolute atomic E-state index is 0.257. The second kappa shape index (κ2) is 8.71. The maximum Gasteiger partial charge on any atom is 0.224 e. The van der Waals surface area contributed by atoms with Gasteiger partial charge in [0.1, 0.15) is 0 Å². The van der Waals surface area contributed by atoms with E-state index in [1.54, 1.807) is 0 Å². The molecule has 0 bridgehead atoms. The number of hydrogen-bond acceptors (Lipinski definition) is 4. The van der Waals surface area contributed by atoms with Crippen LogP contribution in [0.4, 0.5) is 0 Å². The first-order valence-corrected chi connectivity index (χ1v) is 8.55. The maximum atomic E-state index is 12.2. The van der Waals surface area contributed by atoms with E-state index in [2.05, 4.69) is 24.1 Å². The van der Waals surface area contributed by atoms with Crippen LogP contribution in [-0.2, 0) is 9.53 Å². The van der Waals surface area contributed by atoms with Crippen molar-refractivity contribution in [3.05, 3.63) is 0 Å². The van der Waals surface area contributed by atoms with E-state index < -0.39 is 0 Å². The van der Waals surface area contributed by atoms with E-state index in [1.165, 1.54) is 6.42 Å². The Morgan fingerprint density at radius 2 is 1.90 bits per heavy atom. The molecule has 122 valence electrons. The molecule has 2 aliphatic heterocycles. The van der Waals surface area contributed by atoms with Crippen LogP contribution >= 0.6 is 0 Å². The number of piperazine rings is 1. The third-order valence-corrected chi connectivity index (χ3v) is 4.84. The first-order valence-electron chi connectivity index (χ1n) is 8.55. The molecule has 1 unspecified atom stereocenters. The van der Waals surface area contributed by atoms with Crippen molar-refractivity contribution in [2.75, 3.05) is 45.9 Å². The van der Waals surface area contributed by atoms with E-state index in [1.807, 2.05) is 4.90 Å². The average Bonchev–Trinajstić information content (AvgIpc) is 2.55. The van der Waals surface area contributed by atoms with Gasteiger partial charge in [-0.15, -0.1) is 0 Å². The first kappa shape index (κ1) is 16.7. The number of nitrogens with one attached hydrogen (secondary N) is 1. The van der Waals surface area contributed by atoms with Gasteiger partial charge in [0.25, 0.3) is 0 Å². The number of nitrogens with zero attached hydrogens (tertiary/aromatic N) is 2. The summed E-state index contributed by atoms with van der Waals surface area (Å²) in [6.45, 7) is 10.9. The fourth-order valence-electron chi connectivity index (χ4n) is 3.10. The smallest absolute Gasteiger partial charge is 0.224 e. The summed E-state index contributed by atoms with van der Waals surface area (Å²) >= 11 is 0. The van der Waals surface area contributed by atoms with Crippen molar-refractivity contribution in [2.24, 2.45) is 0 Å². The Morgan fingerprint density at radius 3 is 2.52 bits per heavy atom. The van der Waals surface area contributed by atoms with Gasteiger partial charge in [0.2, 0.25) is 5.91 Å². The van der Waals surface area contributed by atoms with Gasteiger partial charge in [-0.2, -0.15) is 0 Å². The highest BCUT2D eigenvalue weighted by Crippen LogP contribution is 2.11. The summed E-state index contributed by atoms with van der Waals surface area (Å²) in [6, 6.07) is 0.630. The predicted molar refractivity (Wildman–Crippen MR) is 84.4 cm³/mol. The highest BCUT2D eigenvalue weighted by molar-refractivity contribution is 5.76. The van der Waals surface area contributed by atoms with Gasteiger partial charge in [-0.05, 0) is 39.3 Å². The second-order valence-electron chi connectivity index (χ2n) is 6.24. The molecule has 0 spiro atoms. The SMILES string of the molecule is CCC(C)N1CCN(C(=O)CCOC2CCNCC2)CC1. The van der Waals surface area contributed by atoms with Crippen LogP contribution < -0.4 is 5.32 Å². The van der Waals surface area contributed by atoms with E-state index in [9.17, 15) is 4.79 Å². The van der Waals surface area contributed by atoms with Gasteiger partial charge in [-0.25, -0.2) is 0 Å². The summed E-state index contributed by atoms with van der Waals surface area (Å²) in [7, 11) is 0. The largest absolute Gasteiger partial charge is 0.378 e. The van der Waals surface area contributed by atoms with Crippen molar-refractivity contribution in [3.8, 4) is 0 Å². The van der Waals surface area contributed by atoms with Crippen molar-refractivity contribution in [2.45, 2.75) is 51.7 Å². The molecule has 2 rings (SSSR count). The average molecular weight is 297 g/mol. The normalized spacial score (nSPS) is 23.2. The summed E-state index contributed by atoms with van der Waals surface area (Å²) < 4.78 is 5.82. The number of ether oxygens (including phenoxy) is 1. The van der Waals surface area contributed by atoms with Crippen LogP contribution in [0.5, 0.6) is 0 Å². The molecule has 0 aliphatic carbocycles. The molecule has 0 aromatic rings. The molecule has 5 nitrogen and oxygen atoms in total. The van der Waals surface area contributed by atoms with E-state index in [4.69, 9.17) is 4.74 Å². The van der Waals surface area contributed by atoms with Crippen molar-refractivity contribution in [3.63, 3.8) is 0 Å². The lowest BCUT2D eigenvalue weighted by Gasteiger charge is -2.38. The molecule has 0 saturated carbocycles. The summed E-state index contributed by atoms with van der Waals surface area (Å²) in [5.41, 5.74) is 0. The van der Waals surface area contributed by atoms with Crippen molar-refractivity contribution < 1.29 is 9.53 Å². The number of carbonyl (C=O) groups excluding carboxylic acids is 1. The molecule has 1 amide bonds. The van der Waals surface area contributed by atoms with E-state index in [0.29, 0.717) is 25.2 Å². The Balaban J connectivity index is 1.61. The number of rotatable bonds is 6. The Kier molecular flexibility index (Phi) is 6.93. The van der Waals surface area contributed by atoms with Gasteiger partial charge < -0.3 is 15.0 Å². The molecule has 2 saturated heterocycles. The van der Waals surface area contributed by atoms with Crippen LogP contribution in [0.1, 0.15) is 39.5 Å². The predicted octanol–water partition coefficient (Wildman–Crippen LogP) is 1.09. The van der Waals surface area contributed by atoms with Crippen molar-refractivity contribution in [1.82, 2.24) is 15.1 Å². The second-order valence-corrected chi connectivity index (χ2v) is 6.24. The van der Waals surface area contributed by atoms with Gasteiger partial charge in [0.05, 0.1) is 19.1 Å². The lowest BCUT2D eigenvalue weighted by Crippen LogP contribution is -2.51. The topological polar surface area (TPSA) is 44.8 Å². The van der Waals surface area contributed by atoms with E-state index in [0.717, 1.165) is 52.1 Å². The first-order chi connectivity index (χ1) is 10.2. The molecule has 2 fully saturated rings. The number of piperidine rings is 1. The summed E-state index contributed by atoms with van der Waals surface area (Å²) in [5.74, 6) is 0.257. The van der Waals surface area contributed by atoms with Crippen molar-refractivity contribution in [1.29, 1.82) is 0 Å². The van der Waals surface area contributed by atoms with E-state index >= 15 is 0 Å². The Hall–Kier alpha value is -0.650. The van der Waals surface area contributed by atoms with Gasteiger partial charge in [-0.3, -0.25) is 9.69 Å². The zero-order valence-corrected chi connectivity index (χ0v) is 13.6. The zero-order valence-electron chi connectivity index (χ0n) is 13.6. The van der Waals surface area contributed by atoms with Gasteiger partial charge in [0, 0.05) is 32.2 Å². The van der Waals surface area contributed by atoms with Crippen molar-refractivity contribution >= 4 is 5.91 Å². The van der Waals surface area contributed by atoms with Crippen LogP contribution in [-0.4, -0.2) is 73.7 Å². The van der Waals surface area contributed by atoms with Crippen LogP contribution in [0.15, 0.2) is 0 Å². The number of carbonyl (C=O) groups is 1. The van der Waals surface area contributed by atoms with Crippen LogP contribution in [0.3, 0.4) is 0 Å². The quantitative estimate of drug-likeness (QED) is 0.797. The van der Waals surface area contributed by atoms with Gasteiger partial charge in [0.15, 0.2) is 0 Å². The maximum absolute atomic E-state index is 12.2. The molecule has 1 atom stereocenters. The Labute approximate surface area is 129 Å². The van der Waals surface area contributed by atoms with Gasteiger partial charge >= 0.3 is 0 Å². The molecule has 2 aliphatic rings. The molecule has 21 heavy (non-hydrogen) atoms. The summed E-state index contributed by atoms with van der Waals surface area (Å²) in [4.78, 5) is 16.7. The monoisotopic (exact) mass is 297 g/mol. The number of amides is 1. The molecule has 0 aromatic heterocycles. The standard InChI is InChI=1S/C16H31N3O2/c1-3-14(2)18-9-11-19(12-10-18)16(20)6-13-21-15-4-7-17-8-5-15/h14-15,17H,3-13H2,1-2H3. The lowest BCUT2D eigenvalue weighted by molar-refractivity contribution is -0.135.